The minimum absolute atomic E-state index is 0.0311. The Kier molecular flexibility index (Phi) is 6.14. The van der Waals surface area contributed by atoms with Crippen LogP contribution in [0.15, 0.2) is 68.8 Å². The average molecular weight is 579 g/mol. The quantitative estimate of drug-likeness (QED) is 0.330. The maximum atomic E-state index is 14.5. The molecule has 0 amide bonds. The van der Waals surface area contributed by atoms with Gasteiger partial charge in [-0.2, -0.15) is 8.42 Å². The molecule has 15 heteroatoms. The van der Waals surface area contributed by atoms with E-state index in [1.165, 1.54) is 18.2 Å². The second kappa shape index (κ2) is 9.13. The third-order valence-corrected chi connectivity index (χ3v) is 7.68. The first-order chi connectivity index (χ1) is 18.2. The number of rotatable bonds is 5. The van der Waals surface area contributed by atoms with E-state index in [9.17, 15) is 39.9 Å². The van der Waals surface area contributed by atoms with Crippen molar-refractivity contribution in [3.8, 4) is 5.75 Å². The van der Waals surface area contributed by atoms with Gasteiger partial charge in [-0.05, 0) is 53.9 Å². The van der Waals surface area contributed by atoms with Gasteiger partial charge >= 0.3 is 0 Å². The number of hydrogen-bond donors (Lipinski definition) is 3. The monoisotopic (exact) mass is 578 g/mol. The fourth-order valence-electron chi connectivity index (χ4n) is 4.17. The lowest BCUT2D eigenvalue weighted by Crippen LogP contribution is -2.30. The van der Waals surface area contributed by atoms with E-state index in [1.807, 2.05) is 0 Å². The molecule has 39 heavy (non-hydrogen) atoms. The minimum atomic E-state index is -4.48. The summed E-state index contributed by atoms with van der Waals surface area (Å²) in [4.78, 5) is 13.0. The van der Waals surface area contributed by atoms with Gasteiger partial charge in [0.1, 0.15) is 22.0 Å². The van der Waals surface area contributed by atoms with Crippen LogP contribution in [0.25, 0.3) is 5.52 Å². The number of nitrogens with one attached hydrogen (secondary N) is 2. The highest BCUT2D eigenvalue weighted by atomic mass is 32.2. The number of aromatic nitrogens is 1. The molecule has 3 N–H and O–H groups in total. The van der Waals surface area contributed by atoms with Gasteiger partial charge in [-0.3, -0.25) is 13.9 Å². The SMILES string of the molecule is CS(=O)(=O)Nc1ccc2c(c1)S(=O)(=O)N=C(c1c(O)cc3c(Cc4ccc(F)c(F)c4)cc(F)cn3c1=O)N2. The molecule has 202 valence electrons. The van der Waals surface area contributed by atoms with Crippen molar-refractivity contribution in [2.24, 2.45) is 4.40 Å². The van der Waals surface area contributed by atoms with Crippen molar-refractivity contribution in [1.82, 2.24) is 4.40 Å². The maximum Gasteiger partial charge on any atom is 0.286 e. The van der Waals surface area contributed by atoms with Crippen LogP contribution in [-0.4, -0.2) is 38.4 Å². The van der Waals surface area contributed by atoms with Gasteiger partial charge < -0.3 is 10.4 Å². The smallest absolute Gasteiger partial charge is 0.286 e. The molecule has 2 aromatic carbocycles. The number of aromatic hydroxyl groups is 1. The number of anilines is 2. The molecule has 5 rings (SSSR count). The van der Waals surface area contributed by atoms with Crippen molar-refractivity contribution in [1.29, 1.82) is 0 Å². The third-order valence-electron chi connectivity index (χ3n) is 5.76. The van der Waals surface area contributed by atoms with Crippen LogP contribution < -0.4 is 15.6 Å². The highest BCUT2D eigenvalue weighted by Gasteiger charge is 2.29. The predicted octanol–water partition coefficient (Wildman–Crippen LogP) is 2.95. The zero-order valence-corrected chi connectivity index (χ0v) is 21.4. The first-order valence-electron chi connectivity index (χ1n) is 11.0. The van der Waals surface area contributed by atoms with E-state index >= 15 is 0 Å². The van der Waals surface area contributed by atoms with E-state index in [-0.39, 0.29) is 39.3 Å². The molecule has 1 aliphatic heterocycles. The Morgan fingerprint density at radius 3 is 2.49 bits per heavy atom. The molecule has 0 atom stereocenters. The maximum absolute atomic E-state index is 14.5. The van der Waals surface area contributed by atoms with E-state index in [0.29, 0.717) is 0 Å². The molecule has 0 unspecified atom stereocenters. The Hall–Kier alpha value is -4.37. The largest absolute Gasteiger partial charge is 0.507 e. The number of fused-ring (bicyclic) bond motifs is 2. The summed E-state index contributed by atoms with van der Waals surface area (Å²) in [6.07, 6.45) is 1.59. The Labute approximate surface area is 219 Å². The van der Waals surface area contributed by atoms with Crippen LogP contribution >= 0.6 is 0 Å². The van der Waals surface area contributed by atoms with E-state index in [1.54, 1.807) is 0 Å². The van der Waals surface area contributed by atoms with Crippen LogP contribution in [-0.2, 0) is 26.5 Å². The van der Waals surface area contributed by atoms with Crippen LogP contribution in [0.4, 0.5) is 24.5 Å². The summed E-state index contributed by atoms with van der Waals surface area (Å²) in [5.41, 5.74) is -1.24. The zero-order valence-electron chi connectivity index (χ0n) is 19.7. The third kappa shape index (κ3) is 5.05. The first kappa shape index (κ1) is 26.2. The second-order valence-electron chi connectivity index (χ2n) is 8.70. The molecule has 10 nitrogen and oxygen atoms in total. The number of nitrogens with zero attached hydrogens (tertiary/aromatic N) is 2. The van der Waals surface area contributed by atoms with Crippen LogP contribution in [0.3, 0.4) is 0 Å². The molecular weight excluding hydrogens is 561 g/mol. The summed E-state index contributed by atoms with van der Waals surface area (Å²) in [5, 5.41) is 13.4. The van der Waals surface area contributed by atoms with Crippen molar-refractivity contribution in [2.75, 3.05) is 16.3 Å². The van der Waals surface area contributed by atoms with E-state index in [2.05, 4.69) is 14.4 Å². The van der Waals surface area contributed by atoms with Gasteiger partial charge in [-0.1, -0.05) is 6.07 Å². The van der Waals surface area contributed by atoms with Gasteiger partial charge in [0, 0.05) is 18.0 Å². The summed E-state index contributed by atoms with van der Waals surface area (Å²) in [7, 11) is -8.18. The van der Waals surface area contributed by atoms with Gasteiger partial charge in [-0.15, -0.1) is 4.40 Å². The first-order valence-corrected chi connectivity index (χ1v) is 14.3. The van der Waals surface area contributed by atoms with Crippen LogP contribution in [0.5, 0.6) is 5.75 Å². The Morgan fingerprint density at radius 1 is 1.05 bits per heavy atom. The summed E-state index contributed by atoms with van der Waals surface area (Å²) < 4.78 is 96.9. The van der Waals surface area contributed by atoms with Gasteiger partial charge in [-0.25, -0.2) is 21.6 Å². The predicted molar refractivity (Wildman–Crippen MR) is 137 cm³/mol. The van der Waals surface area contributed by atoms with E-state index in [0.717, 1.165) is 47.2 Å². The molecule has 0 spiro atoms. The van der Waals surface area contributed by atoms with Crippen molar-refractivity contribution in [2.45, 2.75) is 11.3 Å². The van der Waals surface area contributed by atoms with Crippen molar-refractivity contribution in [3.05, 3.63) is 99.2 Å². The highest BCUT2D eigenvalue weighted by Crippen LogP contribution is 2.32. The lowest BCUT2D eigenvalue weighted by atomic mass is 10.0. The molecule has 3 heterocycles. The summed E-state index contributed by atoms with van der Waals surface area (Å²) in [6.45, 7) is 0. The molecule has 0 aliphatic carbocycles. The summed E-state index contributed by atoms with van der Waals surface area (Å²) >= 11 is 0. The fourth-order valence-corrected chi connectivity index (χ4v) is 5.87. The van der Waals surface area contributed by atoms with Gasteiger partial charge in [0.2, 0.25) is 10.0 Å². The topological polar surface area (TPSA) is 146 Å². The van der Waals surface area contributed by atoms with E-state index < -0.39 is 60.2 Å². The van der Waals surface area contributed by atoms with Gasteiger partial charge in [0.15, 0.2) is 17.5 Å². The van der Waals surface area contributed by atoms with Gasteiger partial charge in [0.05, 0.1) is 17.5 Å². The minimum Gasteiger partial charge on any atom is -0.507 e. The van der Waals surface area contributed by atoms with Crippen molar-refractivity contribution >= 4 is 42.8 Å². The van der Waals surface area contributed by atoms with E-state index in [4.69, 9.17) is 0 Å². The molecule has 0 saturated carbocycles. The number of halogens is 3. The summed E-state index contributed by atoms with van der Waals surface area (Å²) in [5.74, 6) is -4.27. The number of hydrogen-bond acceptors (Lipinski definition) is 7. The summed E-state index contributed by atoms with van der Waals surface area (Å²) in [6, 6.07) is 8.81. The molecule has 0 radical (unpaired) electrons. The molecule has 4 aromatic rings. The highest BCUT2D eigenvalue weighted by molar-refractivity contribution is 7.92. The van der Waals surface area contributed by atoms with Crippen LogP contribution in [0, 0.1) is 17.5 Å². The fraction of sp³-hybridized carbons (Fsp3) is 0.0833. The Bertz CT molecular complexity index is 2010. The molecule has 2 aromatic heterocycles. The number of benzene rings is 2. The molecule has 0 saturated heterocycles. The lowest BCUT2D eigenvalue weighted by molar-refractivity contribution is 0.472. The molecule has 1 aliphatic rings. The Balaban J connectivity index is 1.61. The second-order valence-corrected chi connectivity index (χ2v) is 12.0. The normalized spacial score (nSPS) is 14.4. The number of pyridine rings is 2. The van der Waals surface area contributed by atoms with Gasteiger partial charge in [0.25, 0.3) is 15.6 Å². The zero-order chi connectivity index (χ0) is 28.3. The number of amidine groups is 1. The molecular formula is C24H17F3N4O6S2. The number of sulfonamides is 2. The van der Waals surface area contributed by atoms with Crippen molar-refractivity contribution in [3.63, 3.8) is 0 Å². The standard InChI is InChI=1S/C24H17F3N4O6S2/c1-38(34,35)29-15-3-5-18-21(9-15)39(36,37)30-23(28-18)22-20(32)10-19-13(8-14(25)11-31(19)24(22)33)6-12-2-4-16(26)17(27)7-12/h2-5,7-11,29,32H,6H2,1H3,(H,28,30). The van der Waals surface area contributed by atoms with Crippen LogP contribution in [0.2, 0.25) is 0 Å². The Morgan fingerprint density at radius 2 is 1.79 bits per heavy atom. The molecule has 0 fully saturated rings. The average Bonchev–Trinajstić information content (AvgIpc) is 2.81. The molecule has 0 bridgehead atoms. The van der Waals surface area contributed by atoms with Crippen molar-refractivity contribution < 1.29 is 35.1 Å². The van der Waals surface area contributed by atoms with Crippen LogP contribution in [0.1, 0.15) is 16.7 Å². The lowest BCUT2D eigenvalue weighted by Gasteiger charge is -2.20.